The molecule has 1 N–H and O–H groups in total. The maximum Gasteiger partial charge on any atom is -0.147 e. The molecule has 0 saturated carbocycles. The van der Waals surface area contributed by atoms with E-state index in [2.05, 4.69) is 73.0 Å². The van der Waals surface area contributed by atoms with Crippen molar-refractivity contribution >= 4 is 38.5 Å². The number of hydrogen-bond acceptors (Lipinski definition) is 1. The molecule has 1 aromatic carbocycles. The van der Waals surface area contributed by atoms with Crippen molar-refractivity contribution in [1.29, 1.82) is 0 Å². The van der Waals surface area contributed by atoms with Gasteiger partial charge in [0.05, 0.1) is 0 Å². The average molecular weight is 368 g/mol. The first-order valence-corrected chi connectivity index (χ1v) is 15.4. The van der Waals surface area contributed by atoms with Gasteiger partial charge in [0.25, 0.3) is 0 Å². The van der Waals surface area contributed by atoms with Crippen molar-refractivity contribution in [3.05, 3.63) is 39.3 Å². The Morgan fingerprint density at radius 2 is 1.65 bits per heavy atom. The largest absolute Gasteiger partial charge is 0.147 e. The van der Waals surface area contributed by atoms with Crippen LogP contribution in [0.15, 0.2) is 28.1 Å². The van der Waals surface area contributed by atoms with Gasteiger partial charge in [-0.15, -0.1) is 24.8 Å². The van der Waals surface area contributed by atoms with Crippen molar-refractivity contribution < 1.29 is 14.3 Å². The van der Waals surface area contributed by atoms with Crippen LogP contribution in [0, 0.1) is 0 Å². The van der Waals surface area contributed by atoms with E-state index in [-0.39, 0.29) is 30.4 Å². The van der Waals surface area contributed by atoms with E-state index in [9.17, 15) is 0 Å². The van der Waals surface area contributed by atoms with Gasteiger partial charge in [-0.05, 0) is 0 Å². The second-order valence-electron chi connectivity index (χ2n) is 7.61. The summed E-state index contributed by atoms with van der Waals surface area (Å²) in [6, 6.07) is 8.80. The molecule has 20 heavy (non-hydrogen) atoms. The minimum absolute atomic E-state index is 0. The zero-order valence-electron chi connectivity index (χ0n) is 13.1. The van der Waals surface area contributed by atoms with E-state index < -0.39 is 14.3 Å². The fourth-order valence-electron chi connectivity index (χ4n) is 3.08. The Hall–Kier alpha value is 0.431. The molecule has 5 heteroatoms. The molecule has 0 radical (unpaired) electrons. The van der Waals surface area contributed by atoms with Crippen molar-refractivity contribution in [3.8, 4) is 0 Å². The third-order valence-electron chi connectivity index (χ3n) is 3.57. The summed E-state index contributed by atoms with van der Waals surface area (Å²) in [6.45, 7) is 6.83. The summed E-state index contributed by atoms with van der Waals surface area (Å²) in [6.07, 6.45) is 3.59. The summed E-state index contributed by atoms with van der Waals surface area (Å²) in [5.74, 6) is 0. The number of hydrogen-bond donors (Lipinski definition) is 1. The van der Waals surface area contributed by atoms with E-state index in [1.165, 1.54) is 11.1 Å². The zero-order valence-corrected chi connectivity index (χ0v) is 17.7. The Kier molecular flexibility index (Phi) is 6.41. The molecule has 1 aliphatic carbocycles. The Morgan fingerprint density at radius 1 is 1.10 bits per heavy atom. The van der Waals surface area contributed by atoms with Gasteiger partial charge in [-0.2, -0.15) is 0 Å². The maximum absolute atomic E-state index is 3.98. The standard InChI is InChI=1S/C9H7.C4H10N.2CH3.2ClH.H2Si.Ti/c1-2-5-9-7-3-6-8(9)4-1;1-4(2,3)5;;;;;;/h1-2,4-6H,7H2;5H,1-3H3;2*1H3;2*1H;1H2;/q;-1;;;;;;+1. The molecule has 114 valence electrons. The Morgan fingerprint density at radius 3 is 2.15 bits per heavy atom. The van der Waals surface area contributed by atoms with Crippen LogP contribution in [0.2, 0.25) is 10.5 Å². The molecule has 1 aromatic rings. The first-order valence-electron chi connectivity index (χ1n) is 6.72. The van der Waals surface area contributed by atoms with E-state index >= 15 is 0 Å². The Balaban J connectivity index is 0.00000180. The van der Waals surface area contributed by atoms with Crippen molar-refractivity contribution in [2.24, 2.45) is 0 Å². The molecule has 1 nitrogen and oxygen atoms in total. The number of halogens is 2. The SMILES string of the molecule is CC(C)(C)[NH][Ti]([CH3])([CH3])(=[SiH2])[C]1=Cc2ccccc2C1.Cl.Cl. The van der Waals surface area contributed by atoms with E-state index in [4.69, 9.17) is 0 Å². The predicted octanol–water partition coefficient (Wildman–Crippen LogP) is 4.06. The quantitative estimate of drug-likeness (QED) is 0.777. The summed E-state index contributed by atoms with van der Waals surface area (Å²) < 4.78 is 5.65. The van der Waals surface area contributed by atoms with E-state index in [0.717, 1.165) is 6.42 Å². The van der Waals surface area contributed by atoms with Crippen LogP contribution in [-0.2, 0) is 20.7 Å². The van der Waals surface area contributed by atoms with Gasteiger partial charge in [-0.3, -0.25) is 0 Å². The van der Waals surface area contributed by atoms with Gasteiger partial charge in [0.1, 0.15) is 0 Å². The van der Waals surface area contributed by atoms with E-state index in [1.807, 2.05) is 0 Å². The molecule has 0 fully saturated rings. The maximum atomic E-state index is 3.98. The molecule has 2 rings (SSSR count). The molecular weight excluding hydrogens is 341 g/mol. The minimum atomic E-state index is -2.68. The van der Waals surface area contributed by atoms with Gasteiger partial charge in [0.2, 0.25) is 0 Å². The summed E-state index contributed by atoms with van der Waals surface area (Å²) in [5, 5.41) is 5.00. The molecule has 1 aliphatic rings. The fourth-order valence-corrected chi connectivity index (χ4v) is 12.4. The Bertz CT molecular complexity index is 582. The molecule has 0 saturated heterocycles. The molecule has 0 unspecified atom stereocenters. The molecule has 0 atom stereocenters. The van der Waals surface area contributed by atoms with E-state index in [0.29, 0.717) is 0 Å². The van der Waals surface area contributed by atoms with Crippen molar-refractivity contribution in [2.45, 2.75) is 43.2 Å². The van der Waals surface area contributed by atoms with Gasteiger partial charge < -0.3 is 0 Å². The second-order valence-corrected chi connectivity index (χ2v) is 26.1. The molecule has 0 aliphatic heterocycles. The van der Waals surface area contributed by atoms with Crippen LogP contribution < -0.4 is 3.80 Å². The van der Waals surface area contributed by atoms with E-state index in [1.54, 1.807) is 3.88 Å². The van der Waals surface area contributed by atoms with Gasteiger partial charge in [-0.25, -0.2) is 0 Å². The van der Waals surface area contributed by atoms with Gasteiger partial charge in [0, 0.05) is 0 Å². The third-order valence-corrected chi connectivity index (χ3v) is 12.3. The second kappa shape index (κ2) is 6.28. The number of fused-ring (bicyclic) bond motifs is 1. The summed E-state index contributed by atoms with van der Waals surface area (Å²) >= 11 is -2.68. The summed E-state index contributed by atoms with van der Waals surface area (Å²) in [4.78, 5) is 0. The van der Waals surface area contributed by atoms with Crippen molar-refractivity contribution in [2.75, 3.05) is 0 Å². The van der Waals surface area contributed by atoms with Crippen LogP contribution in [0.25, 0.3) is 6.08 Å². The van der Waals surface area contributed by atoms with Crippen LogP contribution in [0.4, 0.5) is 0 Å². The van der Waals surface area contributed by atoms with Crippen LogP contribution in [0.3, 0.4) is 0 Å². The first kappa shape index (κ1) is 20.4. The topological polar surface area (TPSA) is 12.0 Å². The smallest absolute Gasteiger partial charge is 0.147 e. The van der Waals surface area contributed by atoms with Crippen molar-refractivity contribution in [1.82, 2.24) is 3.80 Å². The van der Waals surface area contributed by atoms with Crippen molar-refractivity contribution in [3.63, 3.8) is 0 Å². The van der Waals surface area contributed by atoms with Crippen LogP contribution in [-0.4, -0.2) is 13.2 Å². The molecule has 0 amide bonds. The fraction of sp³-hybridized carbons (Fsp3) is 0.467. The molecule has 0 aromatic heterocycles. The number of rotatable bonds is 2. The van der Waals surface area contributed by atoms with Crippen LogP contribution in [0.1, 0.15) is 31.9 Å². The molecule has 0 heterocycles. The van der Waals surface area contributed by atoms with Gasteiger partial charge in [-0.1, -0.05) is 0 Å². The van der Waals surface area contributed by atoms with Gasteiger partial charge >= 0.3 is 114 Å². The molecule has 0 spiro atoms. The molecule has 0 bridgehead atoms. The van der Waals surface area contributed by atoms with Crippen LogP contribution in [0.5, 0.6) is 0 Å². The average Bonchev–Trinajstić information content (AvgIpc) is 2.56. The number of benzene rings is 1. The summed E-state index contributed by atoms with van der Waals surface area (Å²) in [7, 11) is 2.24. The molecular formula is C15H27Cl2NSiTi. The third kappa shape index (κ3) is 4.72. The normalized spacial score (nSPS) is 14.8. The minimum Gasteiger partial charge on any atom is -0.147 e. The van der Waals surface area contributed by atoms with Crippen LogP contribution >= 0.6 is 24.8 Å². The first-order chi connectivity index (χ1) is 8.05. The number of nitrogens with one attached hydrogen (secondary N) is 1. The monoisotopic (exact) mass is 367 g/mol. The van der Waals surface area contributed by atoms with Gasteiger partial charge in [0.15, 0.2) is 0 Å². The number of allylic oxidation sites excluding steroid dienone is 1. The Labute approximate surface area is 138 Å². The zero-order chi connectivity index (χ0) is 13.6. The predicted molar refractivity (Wildman–Crippen MR) is 95.8 cm³/mol. The summed E-state index contributed by atoms with van der Waals surface area (Å²) in [5.41, 5.74) is 3.11.